The Hall–Kier alpha value is -0.720. The zero-order valence-corrected chi connectivity index (χ0v) is 29.5. The van der Waals surface area contributed by atoms with Crippen molar-refractivity contribution in [2.75, 3.05) is 12.4 Å². The highest BCUT2D eigenvalue weighted by Gasteiger charge is 2.60. The van der Waals surface area contributed by atoms with E-state index in [0.29, 0.717) is 11.3 Å². The molecule has 262 valence electrons. The van der Waals surface area contributed by atoms with Crippen LogP contribution in [-0.4, -0.2) is 22.7 Å². The standard InChI is InChI=1S/C35H52F4O5S2/c1-20(2)7-6-8-21(3)25-11-12-26-24-10-9-22-19-23(13-15-34(22,4)27(24)14-16-35(25,26)5)42-17-18-46(41)33-30(38)28(36)32(45-44-43-40)29(37)31(33)39/h20-27,40H,6-19H2,1-5H3/p-1/t21?,22?,23-,24?,25?,26?,27?,34-,35+,46?/m0/s1. The number of hydrogen-bond acceptors (Lipinski definition) is 6. The summed E-state index contributed by atoms with van der Waals surface area (Å²) in [6, 6.07) is 0. The lowest BCUT2D eigenvalue weighted by Gasteiger charge is -2.61. The maximum atomic E-state index is 14.6. The smallest absolute Gasteiger partial charge is 0.179 e. The first kappa shape index (κ1) is 36.6. The van der Waals surface area contributed by atoms with Gasteiger partial charge in [0.1, 0.15) is 9.79 Å². The van der Waals surface area contributed by atoms with Crippen LogP contribution in [0.4, 0.5) is 17.6 Å². The third-order valence-electron chi connectivity index (χ3n) is 13.0. The van der Waals surface area contributed by atoms with Crippen LogP contribution < -0.4 is 5.26 Å². The van der Waals surface area contributed by atoms with Gasteiger partial charge in [-0.3, -0.25) is 9.25 Å². The highest BCUT2D eigenvalue weighted by atomic mass is 32.2. The molecule has 0 radical (unpaired) electrons. The molecule has 0 heterocycles. The summed E-state index contributed by atoms with van der Waals surface area (Å²) in [6.45, 7) is 12.3. The molecule has 4 aliphatic rings. The molecule has 1 aromatic carbocycles. The molecule has 0 amide bonds. The molecule has 0 bridgehead atoms. The minimum atomic E-state index is -2.38. The number of hydrogen-bond donors (Lipinski definition) is 0. The van der Waals surface area contributed by atoms with Crippen LogP contribution in [0.15, 0.2) is 9.79 Å². The molecule has 0 aliphatic heterocycles. The molecule has 0 aromatic heterocycles. The summed E-state index contributed by atoms with van der Waals surface area (Å²) in [5, 5.41) is 13.0. The first-order valence-corrected chi connectivity index (χ1v) is 19.4. The van der Waals surface area contributed by atoms with Crippen molar-refractivity contribution in [1.82, 2.24) is 0 Å². The van der Waals surface area contributed by atoms with Crippen LogP contribution in [0.2, 0.25) is 0 Å². The van der Waals surface area contributed by atoms with E-state index in [4.69, 9.17) is 4.74 Å². The summed E-state index contributed by atoms with van der Waals surface area (Å²) >= 11 is -0.306. The third-order valence-corrected chi connectivity index (χ3v) is 15.0. The Bertz CT molecular complexity index is 1220. The van der Waals surface area contributed by atoms with E-state index in [1.807, 2.05) is 0 Å². The SMILES string of the molecule is CC(C)CCCC(C)C1CCC2C3CCC4C[C@@H](OCCS(=O)c5c(F)c(F)c(SOO[O-])c(F)c5F)CC[C@]4(C)C3CC[C@]12C. The number of ether oxygens (including phenoxy) is 1. The van der Waals surface area contributed by atoms with Crippen molar-refractivity contribution < 1.29 is 41.1 Å². The van der Waals surface area contributed by atoms with E-state index < -0.39 is 43.9 Å². The van der Waals surface area contributed by atoms with Gasteiger partial charge in [0.2, 0.25) is 0 Å². The Morgan fingerprint density at radius 1 is 0.891 bits per heavy atom. The van der Waals surface area contributed by atoms with Gasteiger partial charge in [-0.05, 0) is 110 Å². The van der Waals surface area contributed by atoms with E-state index in [1.165, 1.54) is 57.8 Å². The average molecular weight is 692 g/mol. The summed E-state index contributed by atoms with van der Waals surface area (Å²) in [4.78, 5) is -2.42. The first-order valence-electron chi connectivity index (χ1n) is 17.3. The summed E-state index contributed by atoms with van der Waals surface area (Å²) in [7, 11) is -2.38. The van der Waals surface area contributed by atoms with Crippen LogP contribution in [-0.2, 0) is 24.9 Å². The van der Waals surface area contributed by atoms with Gasteiger partial charge in [-0.25, -0.2) is 17.6 Å². The number of benzene rings is 1. The summed E-state index contributed by atoms with van der Waals surface area (Å²) in [5.74, 6) is -2.21. The topological polar surface area (TPSA) is 67.8 Å². The van der Waals surface area contributed by atoms with Gasteiger partial charge >= 0.3 is 0 Å². The highest BCUT2D eigenvalue weighted by Crippen LogP contribution is 2.68. The van der Waals surface area contributed by atoms with Crippen LogP contribution >= 0.6 is 12.0 Å². The van der Waals surface area contributed by atoms with Crippen LogP contribution in [0, 0.1) is 75.5 Å². The molecule has 0 saturated heterocycles. The van der Waals surface area contributed by atoms with Crippen LogP contribution in [0.5, 0.6) is 0 Å². The molecule has 46 heavy (non-hydrogen) atoms. The molecular formula is C35H51F4O5S2-. The molecule has 0 N–H and O–H groups in total. The molecule has 1 aromatic rings. The van der Waals surface area contributed by atoms with Crippen molar-refractivity contribution in [2.45, 2.75) is 128 Å². The van der Waals surface area contributed by atoms with E-state index in [2.05, 4.69) is 44.0 Å². The minimum absolute atomic E-state index is 0.0459. The molecule has 0 spiro atoms. The lowest BCUT2D eigenvalue weighted by molar-refractivity contribution is -0.777. The van der Waals surface area contributed by atoms with Gasteiger partial charge in [-0.15, -0.1) is 0 Å². The molecule has 5 rings (SSSR count). The number of fused-ring (bicyclic) bond motifs is 5. The summed E-state index contributed by atoms with van der Waals surface area (Å²) in [6.07, 6.45) is 14.7. The van der Waals surface area contributed by atoms with E-state index in [9.17, 15) is 27.0 Å². The van der Waals surface area contributed by atoms with Crippen molar-refractivity contribution >= 4 is 22.8 Å². The molecule has 11 heteroatoms. The normalized spacial score (nSPS) is 35.5. The largest absolute Gasteiger partial charge is 0.691 e. The van der Waals surface area contributed by atoms with Gasteiger partial charge in [0.15, 0.2) is 23.3 Å². The van der Waals surface area contributed by atoms with Gasteiger partial charge in [-0.1, -0.05) is 53.9 Å². The third kappa shape index (κ3) is 6.98. The fourth-order valence-corrected chi connectivity index (χ4v) is 12.2. The second-order valence-corrected chi connectivity index (χ2v) is 17.9. The molecular weight excluding hydrogens is 641 g/mol. The van der Waals surface area contributed by atoms with Crippen molar-refractivity contribution in [2.24, 2.45) is 52.3 Å². The lowest BCUT2D eigenvalue weighted by atomic mass is 9.44. The van der Waals surface area contributed by atoms with Gasteiger partial charge < -0.3 is 9.99 Å². The molecule has 4 aliphatic carbocycles. The molecule has 7 unspecified atom stereocenters. The second-order valence-electron chi connectivity index (χ2n) is 15.6. The molecule has 5 nitrogen and oxygen atoms in total. The van der Waals surface area contributed by atoms with Crippen molar-refractivity contribution in [3.8, 4) is 0 Å². The van der Waals surface area contributed by atoms with Gasteiger partial charge in [-0.2, -0.15) is 4.33 Å². The fourth-order valence-electron chi connectivity index (χ4n) is 10.7. The summed E-state index contributed by atoms with van der Waals surface area (Å²) < 4.78 is 80.4. The first-order chi connectivity index (χ1) is 21.8. The zero-order chi connectivity index (χ0) is 33.4. The van der Waals surface area contributed by atoms with Crippen LogP contribution in [0.1, 0.15) is 112 Å². The Morgan fingerprint density at radius 3 is 2.24 bits per heavy atom. The number of rotatable bonds is 13. The fraction of sp³-hybridized carbons (Fsp3) is 0.829. The Kier molecular flexibility index (Phi) is 11.9. The highest BCUT2D eigenvalue weighted by molar-refractivity contribution is 7.94. The van der Waals surface area contributed by atoms with E-state index in [1.54, 1.807) is 0 Å². The Morgan fingerprint density at radius 2 is 1.57 bits per heavy atom. The van der Waals surface area contributed by atoms with Gasteiger partial charge in [0, 0.05) is 0 Å². The monoisotopic (exact) mass is 691 g/mol. The predicted octanol–water partition coefficient (Wildman–Crippen LogP) is 9.09. The Labute approximate surface area is 278 Å². The lowest BCUT2D eigenvalue weighted by Crippen LogP contribution is -2.54. The van der Waals surface area contributed by atoms with Crippen LogP contribution in [0.25, 0.3) is 0 Å². The van der Waals surface area contributed by atoms with E-state index >= 15 is 0 Å². The zero-order valence-electron chi connectivity index (χ0n) is 27.9. The molecule has 4 fully saturated rings. The maximum Gasteiger partial charge on any atom is 0.179 e. The van der Waals surface area contributed by atoms with E-state index in [0.717, 1.165) is 54.8 Å². The van der Waals surface area contributed by atoms with Gasteiger partial charge in [0.05, 0.1) is 41.3 Å². The maximum absolute atomic E-state index is 14.6. The Balaban J connectivity index is 1.16. The molecule has 10 atom stereocenters. The van der Waals surface area contributed by atoms with Gasteiger partial charge in [0.25, 0.3) is 0 Å². The minimum Gasteiger partial charge on any atom is -0.691 e. The average Bonchev–Trinajstić information content (AvgIpc) is 3.37. The molecule has 4 saturated carbocycles. The number of halogens is 4. The predicted molar refractivity (Wildman–Crippen MR) is 168 cm³/mol. The van der Waals surface area contributed by atoms with E-state index in [-0.39, 0.29) is 35.9 Å². The quantitative estimate of drug-likeness (QED) is 0.0676. The van der Waals surface area contributed by atoms with Crippen LogP contribution in [0.3, 0.4) is 0 Å². The van der Waals surface area contributed by atoms with Crippen molar-refractivity contribution in [3.05, 3.63) is 23.3 Å². The van der Waals surface area contributed by atoms with Crippen molar-refractivity contribution in [3.63, 3.8) is 0 Å². The summed E-state index contributed by atoms with van der Waals surface area (Å²) in [5.41, 5.74) is 0.733. The second kappa shape index (κ2) is 15.0. The van der Waals surface area contributed by atoms with Crippen molar-refractivity contribution in [1.29, 1.82) is 0 Å².